The van der Waals surface area contributed by atoms with Gasteiger partial charge >= 0.3 is 0 Å². The first kappa shape index (κ1) is 16.6. The molecule has 0 N–H and O–H groups in total. The number of hydrogen-bond donors (Lipinski definition) is 0. The van der Waals surface area contributed by atoms with Gasteiger partial charge in [-0.1, -0.05) is 55.9 Å². The van der Waals surface area contributed by atoms with Crippen molar-refractivity contribution in [2.24, 2.45) is 11.0 Å². The van der Waals surface area contributed by atoms with E-state index in [1.54, 1.807) is 11.8 Å². The average Bonchev–Trinajstić information content (AvgIpc) is 3.05. The first-order chi connectivity index (χ1) is 11.6. The van der Waals surface area contributed by atoms with E-state index in [1.165, 1.54) is 0 Å². The lowest BCUT2D eigenvalue weighted by atomic mass is 9.97. The standard InChI is InChI=1S/C20H20N3S/c1-14(2)10-16-8-9-17(11-18(16)12-21)20-22-23(13-24-20)19-7-5-4-6-15(19)3/h4-6,8-9,11,14H,10,13H2,1-3H3. The lowest BCUT2D eigenvalue weighted by molar-refractivity contribution is 0.646. The number of hydrazone groups is 1. The van der Waals surface area contributed by atoms with Crippen LogP contribution in [0.25, 0.3) is 0 Å². The number of anilines is 1. The number of nitriles is 1. The molecule has 0 spiro atoms. The minimum Gasteiger partial charge on any atom is -0.253 e. The number of benzene rings is 2. The maximum absolute atomic E-state index is 9.45. The summed E-state index contributed by atoms with van der Waals surface area (Å²) >= 11 is 1.69. The van der Waals surface area contributed by atoms with Crippen molar-refractivity contribution >= 4 is 22.5 Å². The Morgan fingerprint density at radius 3 is 2.92 bits per heavy atom. The summed E-state index contributed by atoms with van der Waals surface area (Å²) in [6.45, 7) is 6.41. The van der Waals surface area contributed by atoms with Crippen molar-refractivity contribution in [3.05, 3.63) is 64.7 Å². The molecule has 1 aliphatic rings. The molecule has 0 bridgehead atoms. The summed E-state index contributed by atoms with van der Waals surface area (Å²) in [4.78, 5) is 0. The number of hydrogen-bond acceptors (Lipinski definition) is 4. The molecule has 0 fully saturated rings. The van der Waals surface area contributed by atoms with Gasteiger partial charge in [0.05, 0.1) is 23.2 Å². The summed E-state index contributed by atoms with van der Waals surface area (Å²) in [6, 6.07) is 17.7. The maximum Gasteiger partial charge on any atom is 0.126 e. The number of para-hydroxylation sites is 1. The molecule has 24 heavy (non-hydrogen) atoms. The smallest absolute Gasteiger partial charge is 0.126 e. The molecule has 0 saturated carbocycles. The van der Waals surface area contributed by atoms with E-state index in [0.29, 0.717) is 5.92 Å². The summed E-state index contributed by atoms with van der Waals surface area (Å²) in [5.41, 5.74) is 5.06. The highest BCUT2D eigenvalue weighted by Gasteiger charge is 2.20. The number of thioether (sulfide) groups is 1. The Bertz CT molecular complexity index is 818. The van der Waals surface area contributed by atoms with Gasteiger partial charge in [-0.2, -0.15) is 10.4 Å². The average molecular weight is 334 g/mol. The fourth-order valence-electron chi connectivity index (χ4n) is 2.77. The topological polar surface area (TPSA) is 39.4 Å². The zero-order chi connectivity index (χ0) is 17.1. The molecule has 3 rings (SSSR count). The normalized spacial score (nSPS) is 14.0. The molecule has 0 saturated heterocycles. The van der Waals surface area contributed by atoms with Gasteiger partial charge in [0.2, 0.25) is 0 Å². The monoisotopic (exact) mass is 334 g/mol. The lowest BCUT2D eigenvalue weighted by Gasteiger charge is -2.14. The van der Waals surface area contributed by atoms with Crippen LogP contribution in [0, 0.1) is 30.2 Å². The van der Waals surface area contributed by atoms with Crippen LogP contribution in [-0.2, 0) is 6.42 Å². The van der Waals surface area contributed by atoms with E-state index in [9.17, 15) is 5.26 Å². The fourth-order valence-corrected chi connectivity index (χ4v) is 3.65. The van der Waals surface area contributed by atoms with Gasteiger partial charge in [0.15, 0.2) is 0 Å². The Labute approximate surface area is 148 Å². The van der Waals surface area contributed by atoms with Gasteiger partial charge in [-0.15, -0.1) is 0 Å². The molecule has 3 nitrogen and oxygen atoms in total. The van der Waals surface area contributed by atoms with Crippen molar-refractivity contribution in [2.45, 2.75) is 27.2 Å². The third-order valence-corrected chi connectivity index (χ3v) is 4.90. The minimum absolute atomic E-state index is 0.535. The van der Waals surface area contributed by atoms with Crippen LogP contribution in [0.15, 0.2) is 41.5 Å². The molecule has 0 amide bonds. The van der Waals surface area contributed by atoms with Crippen LogP contribution in [-0.4, -0.2) is 10.9 Å². The molecule has 2 aromatic rings. The van der Waals surface area contributed by atoms with Crippen LogP contribution in [0.1, 0.15) is 36.1 Å². The van der Waals surface area contributed by atoms with Crippen LogP contribution in [0.2, 0.25) is 0 Å². The van der Waals surface area contributed by atoms with Crippen molar-refractivity contribution < 1.29 is 0 Å². The van der Waals surface area contributed by atoms with Crippen molar-refractivity contribution in [3.8, 4) is 6.07 Å². The number of nitrogens with zero attached hydrogens (tertiary/aromatic N) is 3. The molecule has 0 atom stereocenters. The molecule has 0 unspecified atom stereocenters. The summed E-state index contributed by atoms with van der Waals surface area (Å²) in [6.07, 6.45) is 0.924. The SMILES string of the molecule is Cc1ccc[c]c1N1CSC(c2ccc(CC(C)C)c(C#N)c2)=N1. The fraction of sp³-hybridized carbons (Fsp3) is 0.300. The summed E-state index contributed by atoms with van der Waals surface area (Å²) in [7, 11) is 0. The molecule has 1 aliphatic heterocycles. The van der Waals surface area contributed by atoms with E-state index < -0.39 is 0 Å². The van der Waals surface area contributed by atoms with E-state index in [1.807, 2.05) is 23.2 Å². The molecule has 1 heterocycles. The second kappa shape index (κ2) is 7.11. The quantitative estimate of drug-likeness (QED) is 0.811. The van der Waals surface area contributed by atoms with Crippen LogP contribution >= 0.6 is 11.8 Å². The van der Waals surface area contributed by atoms with Gasteiger partial charge in [0.25, 0.3) is 0 Å². The Kier molecular flexibility index (Phi) is 4.92. The predicted octanol–water partition coefficient (Wildman–Crippen LogP) is 4.74. The van der Waals surface area contributed by atoms with Crippen LogP contribution < -0.4 is 5.01 Å². The zero-order valence-electron chi connectivity index (χ0n) is 14.2. The van der Waals surface area contributed by atoms with Gasteiger partial charge in [0, 0.05) is 11.6 Å². The molecule has 4 heteroatoms. The third-order valence-electron chi connectivity index (χ3n) is 3.93. The Hall–Kier alpha value is -2.25. The molecule has 0 aromatic heterocycles. The second-order valence-corrected chi connectivity index (χ2v) is 7.30. The molecular weight excluding hydrogens is 314 g/mol. The summed E-state index contributed by atoms with van der Waals surface area (Å²) < 4.78 is 0. The van der Waals surface area contributed by atoms with E-state index in [4.69, 9.17) is 5.10 Å². The highest BCUT2D eigenvalue weighted by molar-refractivity contribution is 8.14. The summed E-state index contributed by atoms with van der Waals surface area (Å²) in [5.74, 6) is 1.31. The third kappa shape index (κ3) is 3.47. The van der Waals surface area contributed by atoms with E-state index in [0.717, 1.165) is 45.3 Å². The van der Waals surface area contributed by atoms with Gasteiger partial charge < -0.3 is 0 Å². The highest BCUT2D eigenvalue weighted by atomic mass is 32.2. The van der Waals surface area contributed by atoms with Crippen molar-refractivity contribution in [1.29, 1.82) is 5.26 Å². The van der Waals surface area contributed by atoms with Crippen molar-refractivity contribution in [3.63, 3.8) is 0 Å². The molecule has 0 aliphatic carbocycles. The minimum atomic E-state index is 0.535. The van der Waals surface area contributed by atoms with E-state index in [-0.39, 0.29) is 0 Å². The van der Waals surface area contributed by atoms with Crippen molar-refractivity contribution in [2.75, 3.05) is 10.9 Å². The Morgan fingerprint density at radius 2 is 2.21 bits per heavy atom. The van der Waals surface area contributed by atoms with Crippen LogP contribution in [0.5, 0.6) is 0 Å². The van der Waals surface area contributed by atoms with Gasteiger partial charge in [0.1, 0.15) is 5.04 Å². The van der Waals surface area contributed by atoms with Crippen LogP contribution in [0.4, 0.5) is 5.69 Å². The molecule has 2 aromatic carbocycles. The van der Waals surface area contributed by atoms with Gasteiger partial charge in [-0.05, 0) is 36.5 Å². The summed E-state index contributed by atoms with van der Waals surface area (Å²) in [5, 5.41) is 17.1. The lowest BCUT2D eigenvalue weighted by Crippen LogP contribution is -2.11. The van der Waals surface area contributed by atoms with E-state index >= 15 is 0 Å². The van der Waals surface area contributed by atoms with Crippen LogP contribution in [0.3, 0.4) is 0 Å². The van der Waals surface area contributed by atoms with E-state index in [2.05, 4.69) is 51.1 Å². The van der Waals surface area contributed by atoms with Gasteiger partial charge in [-0.3, -0.25) is 5.01 Å². The Morgan fingerprint density at radius 1 is 1.38 bits per heavy atom. The highest BCUT2D eigenvalue weighted by Crippen LogP contribution is 2.30. The maximum atomic E-state index is 9.45. The number of aryl methyl sites for hydroxylation is 1. The molecule has 121 valence electrons. The molecule has 1 radical (unpaired) electrons. The Balaban J connectivity index is 1.89. The largest absolute Gasteiger partial charge is 0.253 e. The zero-order valence-corrected chi connectivity index (χ0v) is 15.0. The first-order valence-electron chi connectivity index (χ1n) is 8.08. The molecular formula is C20H20N3S. The predicted molar refractivity (Wildman–Crippen MR) is 101 cm³/mol. The number of rotatable bonds is 4. The van der Waals surface area contributed by atoms with Crippen molar-refractivity contribution in [1.82, 2.24) is 0 Å². The second-order valence-electron chi connectivity index (χ2n) is 6.36. The first-order valence-corrected chi connectivity index (χ1v) is 9.06. The van der Waals surface area contributed by atoms with Gasteiger partial charge in [-0.25, -0.2) is 0 Å².